The number of nitrogens with zero attached hydrogens (tertiary/aromatic N) is 1. The smallest absolute Gasteiger partial charge is 0.231 e. The van der Waals surface area contributed by atoms with Gasteiger partial charge in [-0.1, -0.05) is 12.1 Å². The molecule has 3 heterocycles. The lowest BCUT2D eigenvalue weighted by atomic mass is 10.2. The van der Waals surface area contributed by atoms with E-state index in [1.165, 1.54) is 4.88 Å². The zero-order chi connectivity index (χ0) is 19.0. The summed E-state index contributed by atoms with van der Waals surface area (Å²) in [4.78, 5) is 6.09. The molecule has 146 valence electrons. The molecular formula is C21H23N3O3S. The summed E-state index contributed by atoms with van der Waals surface area (Å²) in [6.45, 7) is 2.42. The van der Waals surface area contributed by atoms with Gasteiger partial charge in [-0.15, -0.1) is 11.3 Å². The van der Waals surface area contributed by atoms with Gasteiger partial charge < -0.3 is 24.5 Å². The molecule has 0 atom stereocenters. The highest BCUT2D eigenvalue weighted by molar-refractivity contribution is 7.09. The Morgan fingerprint density at radius 3 is 2.71 bits per heavy atom. The molecule has 4 rings (SSSR count). The molecule has 0 radical (unpaired) electrons. The number of aliphatic imine (C=N–C) groups is 1. The predicted octanol–water partition coefficient (Wildman–Crippen LogP) is 3.59. The molecule has 0 amide bonds. The van der Waals surface area contributed by atoms with Crippen molar-refractivity contribution in [3.63, 3.8) is 0 Å². The van der Waals surface area contributed by atoms with Crippen LogP contribution < -0.4 is 20.1 Å². The van der Waals surface area contributed by atoms with E-state index in [-0.39, 0.29) is 6.79 Å². The third kappa shape index (κ3) is 5.07. The van der Waals surface area contributed by atoms with Gasteiger partial charge in [-0.25, -0.2) is 4.99 Å². The van der Waals surface area contributed by atoms with Crippen LogP contribution in [0.2, 0.25) is 0 Å². The summed E-state index contributed by atoms with van der Waals surface area (Å²) < 4.78 is 16.2. The van der Waals surface area contributed by atoms with Crippen molar-refractivity contribution in [2.75, 3.05) is 19.9 Å². The lowest BCUT2D eigenvalue weighted by Gasteiger charge is -2.12. The van der Waals surface area contributed by atoms with Crippen LogP contribution in [-0.4, -0.2) is 25.8 Å². The van der Waals surface area contributed by atoms with Gasteiger partial charge in [0.1, 0.15) is 5.76 Å². The van der Waals surface area contributed by atoms with Gasteiger partial charge in [0, 0.05) is 24.4 Å². The first-order valence-corrected chi connectivity index (χ1v) is 10.2. The summed E-state index contributed by atoms with van der Waals surface area (Å²) in [5.41, 5.74) is 1.08. The number of guanidine groups is 1. The summed E-state index contributed by atoms with van der Waals surface area (Å²) >= 11 is 1.77. The van der Waals surface area contributed by atoms with E-state index < -0.39 is 0 Å². The summed E-state index contributed by atoms with van der Waals surface area (Å²) in [7, 11) is 0. The minimum atomic E-state index is 0.284. The predicted molar refractivity (Wildman–Crippen MR) is 110 cm³/mol. The van der Waals surface area contributed by atoms with Crippen molar-refractivity contribution in [3.8, 4) is 11.5 Å². The first kappa shape index (κ1) is 18.4. The number of rotatable bonds is 8. The van der Waals surface area contributed by atoms with E-state index in [1.54, 1.807) is 17.6 Å². The van der Waals surface area contributed by atoms with Crippen LogP contribution in [0.4, 0.5) is 0 Å². The zero-order valence-corrected chi connectivity index (χ0v) is 16.3. The van der Waals surface area contributed by atoms with Gasteiger partial charge in [0.2, 0.25) is 6.79 Å². The van der Waals surface area contributed by atoms with E-state index in [9.17, 15) is 0 Å². The Bertz CT molecular complexity index is 850. The number of thiophene rings is 1. The average Bonchev–Trinajstić information content (AvgIpc) is 3.47. The lowest BCUT2D eigenvalue weighted by Crippen LogP contribution is -2.39. The fourth-order valence-electron chi connectivity index (χ4n) is 2.90. The SMILES string of the molecule is c1coc(CCNC(=NCc2ccc3c(c2)OCO3)NCCc2cccs2)c1. The van der Waals surface area contributed by atoms with Crippen LogP contribution in [0.5, 0.6) is 11.5 Å². The lowest BCUT2D eigenvalue weighted by molar-refractivity contribution is 0.174. The molecule has 6 nitrogen and oxygen atoms in total. The summed E-state index contributed by atoms with van der Waals surface area (Å²) in [5.74, 6) is 3.33. The number of hydrogen-bond acceptors (Lipinski definition) is 5. The van der Waals surface area contributed by atoms with Crippen molar-refractivity contribution in [1.82, 2.24) is 10.6 Å². The molecule has 28 heavy (non-hydrogen) atoms. The number of ether oxygens (including phenoxy) is 2. The number of hydrogen-bond donors (Lipinski definition) is 2. The van der Waals surface area contributed by atoms with Gasteiger partial charge in [-0.3, -0.25) is 0 Å². The number of benzene rings is 1. The molecule has 0 spiro atoms. The standard InChI is InChI=1S/C21H23N3O3S/c1-3-17(25-11-1)7-9-22-21(23-10-8-18-4-2-12-28-18)24-14-16-5-6-19-20(13-16)27-15-26-19/h1-6,11-13H,7-10,14-15H2,(H2,22,23,24). The average molecular weight is 398 g/mol. The highest BCUT2D eigenvalue weighted by Crippen LogP contribution is 2.32. The minimum absolute atomic E-state index is 0.284. The van der Waals surface area contributed by atoms with E-state index in [1.807, 2.05) is 30.3 Å². The maximum Gasteiger partial charge on any atom is 0.231 e. The van der Waals surface area contributed by atoms with Crippen LogP contribution in [0, 0.1) is 0 Å². The number of furan rings is 1. The van der Waals surface area contributed by atoms with E-state index in [2.05, 4.69) is 28.1 Å². The molecular weight excluding hydrogens is 374 g/mol. The molecule has 7 heteroatoms. The Labute approximate surface area is 168 Å². The second-order valence-corrected chi connectivity index (χ2v) is 7.40. The maximum absolute atomic E-state index is 5.45. The highest BCUT2D eigenvalue weighted by atomic mass is 32.1. The molecule has 0 fully saturated rings. The van der Waals surface area contributed by atoms with E-state index >= 15 is 0 Å². The summed E-state index contributed by atoms with van der Waals surface area (Å²) in [5, 5.41) is 8.91. The monoisotopic (exact) mass is 397 g/mol. The van der Waals surface area contributed by atoms with Crippen LogP contribution in [0.3, 0.4) is 0 Å². The molecule has 0 saturated heterocycles. The quantitative estimate of drug-likeness (QED) is 0.449. The Morgan fingerprint density at radius 2 is 1.89 bits per heavy atom. The van der Waals surface area contributed by atoms with E-state index in [0.717, 1.165) is 54.7 Å². The van der Waals surface area contributed by atoms with Gasteiger partial charge in [-0.05, 0) is 47.7 Å². The van der Waals surface area contributed by atoms with Crippen molar-refractivity contribution in [3.05, 3.63) is 70.3 Å². The van der Waals surface area contributed by atoms with Crippen LogP contribution in [-0.2, 0) is 19.4 Å². The molecule has 0 bridgehead atoms. The number of nitrogens with one attached hydrogen (secondary N) is 2. The fourth-order valence-corrected chi connectivity index (χ4v) is 3.61. The topological polar surface area (TPSA) is 68.0 Å². The van der Waals surface area contributed by atoms with Gasteiger partial charge in [0.15, 0.2) is 17.5 Å². The maximum atomic E-state index is 5.45. The first-order chi connectivity index (χ1) is 13.9. The molecule has 2 aromatic heterocycles. The van der Waals surface area contributed by atoms with E-state index in [4.69, 9.17) is 18.9 Å². The second kappa shape index (κ2) is 9.32. The Kier molecular flexibility index (Phi) is 6.14. The molecule has 1 aliphatic rings. The number of fused-ring (bicyclic) bond motifs is 1. The Morgan fingerprint density at radius 1 is 1.00 bits per heavy atom. The van der Waals surface area contributed by atoms with Crippen molar-refractivity contribution < 1.29 is 13.9 Å². The third-order valence-electron chi connectivity index (χ3n) is 4.34. The van der Waals surface area contributed by atoms with Crippen LogP contribution in [0.25, 0.3) is 0 Å². The molecule has 3 aromatic rings. The normalized spacial score (nSPS) is 12.9. The van der Waals surface area contributed by atoms with Gasteiger partial charge in [-0.2, -0.15) is 0 Å². The molecule has 0 unspecified atom stereocenters. The van der Waals surface area contributed by atoms with Gasteiger partial charge in [0.25, 0.3) is 0 Å². The minimum Gasteiger partial charge on any atom is -0.469 e. The third-order valence-corrected chi connectivity index (χ3v) is 5.28. The Balaban J connectivity index is 1.34. The van der Waals surface area contributed by atoms with Crippen molar-refractivity contribution in [2.45, 2.75) is 19.4 Å². The molecule has 1 aromatic carbocycles. The zero-order valence-electron chi connectivity index (χ0n) is 15.5. The first-order valence-electron chi connectivity index (χ1n) is 9.32. The van der Waals surface area contributed by atoms with Crippen LogP contribution in [0.15, 0.2) is 63.5 Å². The molecule has 2 N–H and O–H groups in total. The van der Waals surface area contributed by atoms with Crippen LogP contribution >= 0.6 is 11.3 Å². The summed E-state index contributed by atoms with van der Waals surface area (Å²) in [6.07, 6.45) is 3.48. The van der Waals surface area contributed by atoms with Crippen molar-refractivity contribution in [2.24, 2.45) is 4.99 Å². The van der Waals surface area contributed by atoms with Crippen molar-refractivity contribution >= 4 is 17.3 Å². The second-order valence-electron chi connectivity index (χ2n) is 6.36. The van der Waals surface area contributed by atoms with Crippen molar-refractivity contribution in [1.29, 1.82) is 0 Å². The molecule has 1 aliphatic heterocycles. The fraction of sp³-hybridized carbons (Fsp3) is 0.286. The highest BCUT2D eigenvalue weighted by Gasteiger charge is 2.13. The largest absolute Gasteiger partial charge is 0.469 e. The van der Waals surface area contributed by atoms with E-state index in [0.29, 0.717) is 6.54 Å². The van der Waals surface area contributed by atoms with Gasteiger partial charge in [0.05, 0.1) is 12.8 Å². The Hall–Kier alpha value is -2.93. The summed E-state index contributed by atoms with van der Waals surface area (Å²) in [6, 6.07) is 14.1. The van der Waals surface area contributed by atoms with Gasteiger partial charge >= 0.3 is 0 Å². The molecule has 0 saturated carbocycles. The molecule has 0 aliphatic carbocycles. The van der Waals surface area contributed by atoms with Crippen LogP contribution in [0.1, 0.15) is 16.2 Å².